The molecule has 0 N–H and O–H groups in total. The highest BCUT2D eigenvalue weighted by Crippen LogP contribution is 2.60. The maximum Gasteiger partial charge on any atom is 0.294 e. The molecule has 6 rings (SSSR count). The molecule has 0 radical (unpaired) electrons. The van der Waals surface area contributed by atoms with E-state index in [1.807, 2.05) is 25.1 Å². The van der Waals surface area contributed by atoms with Crippen LogP contribution in [0.25, 0.3) is 0 Å². The summed E-state index contributed by atoms with van der Waals surface area (Å²) in [5.41, 5.74) is 0.725. The van der Waals surface area contributed by atoms with Crippen molar-refractivity contribution in [1.82, 2.24) is 10.1 Å². The molecule has 0 spiro atoms. The van der Waals surface area contributed by atoms with Gasteiger partial charge in [0.2, 0.25) is 5.76 Å². The van der Waals surface area contributed by atoms with Crippen molar-refractivity contribution in [3.8, 4) is 0 Å². The summed E-state index contributed by atoms with van der Waals surface area (Å²) in [6.07, 6.45) is 6.56. The van der Waals surface area contributed by atoms with E-state index < -0.39 is 0 Å². The fourth-order valence-corrected chi connectivity index (χ4v) is 7.56. The molecule has 4 saturated carbocycles. The summed E-state index contributed by atoms with van der Waals surface area (Å²) < 4.78 is 5.64. The van der Waals surface area contributed by atoms with Gasteiger partial charge in [-0.1, -0.05) is 35.1 Å². The molecule has 5 heteroatoms. The third-order valence-electron chi connectivity index (χ3n) is 7.90. The van der Waals surface area contributed by atoms with Crippen LogP contribution in [0.5, 0.6) is 0 Å². The average Bonchev–Trinajstić information content (AvgIpc) is 3.07. The van der Waals surface area contributed by atoms with Crippen molar-refractivity contribution in [2.75, 3.05) is 6.54 Å². The van der Waals surface area contributed by atoms with Crippen molar-refractivity contribution in [2.45, 2.75) is 68.2 Å². The second-order valence-electron chi connectivity index (χ2n) is 9.42. The minimum Gasteiger partial charge on any atom is -0.349 e. The Balaban J connectivity index is 1.47. The molecule has 4 nitrogen and oxygen atoms in total. The Morgan fingerprint density at radius 2 is 1.76 bits per heavy atom. The number of rotatable bonds is 5. The van der Waals surface area contributed by atoms with Gasteiger partial charge in [-0.2, -0.15) is 0 Å². The third kappa shape index (κ3) is 3.04. The average molecular weight is 411 g/mol. The molecule has 1 heterocycles. The Hall–Kier alpha value is -1.75. The fourth-order valence-electron chi connectivity index (χ4n) is 6.63. The summed E-state index contributed by atoms with van der Waals surface area (Å²) in [7, 11) is 0. The first kappa shape index (κ1) is 19.2. The van der Waals surface area contributed by atoms with Gasteiger partial charge in [-0.3, -0.25) is 4.79 Å². The van der Waals surface area contributed by atoms with E-state index >= 15 is 0 Å². The number of aryl methyl sites for hydroxylation is 1. The first-order chi connectivity index (χ1) is 14.0. The van der Waals surface area contributed by atoms with Gasteiger partial charge in [0, 0.05) is 17.0 Å². The van der Waals surface area contributed by atoms with Gasteiger partial charge in [0.1, 0.15) is 0 Å². The van der Waals surface area contributed by atoms with Crippen molar-refractivity contribution in [2.24, 2.45) is 23.7 Å². The topological polar surface area (TPSA) is 46.3 Å². The van der Waals surface area contributed by atoms with Crippen molar-refractivity contribution in [3.05, 3.63) is 41.8 Å². The molecule has 4 aliphatic carbocycles. The molecule has 0 unspecified atom stereocenters. The zero-order valence-electron chi connectivity index (χ0n) is 17.6. The van der Waals surface area contributed by atoms with E-state index in [2.05, 4.69) is 36.0 Å². The highest BCUT2D eigenvalue weighted by molar-refractivity contribution is 7.99. The Kier molecular flexibility index (Phi) is 4.77. The molecule has 0 saturated heterocycles. The summed E-state index contributed by atoms with van der Waals surface area (Å²) in [4.78, 5) is 17.9. The Labute approximate surface area is 177 Å². The van der Waals surface area contributed by atoms with E-state index in [9.17, 15) is 4.79 Å². The lowest BCUT2D eigenvalue weighted by atomic mass is 9.48. The van der Waals surface area contributed by atoms with Gasteiger partial charge in [0.15, 0.2) is 0 Å². The first-order valence-electron chi connectivity index (χ1n) is 11.0. The van der Waals surface area contributed by atoms with E-state index in [1.54, 1.807) is 11.8 Å². The van der Waals surface area contributed by atoms with Crippen LogP contribution in [0.15, 0.2) is 44.6 Å². The summed E-state index contributed by atoms with van der Waals surface area (Å²) >= 11 is 1.57. The zero-order chi connectivity index (χ0) is 20.2. The molecule has 0 aliphatic heterocycles. The zero-order valence-corrected chi connectivity index (χ0v) is 18.4. The van der Waals surface area contributed by atoms with Gasteiger partial charge in [0.25, 0.3) is 5.91 Å². The van der Waals surface area contributed by atoms with Gasteiger partial charge in [-0.25, -0.2) is 0 Å². The molecule has 4 aliphatic rings. The highest BCUT2D eigenvalue weighted by Gasteiger charge is 2.58. The number of carbonyl (C=O) groups excluding carboxylic acids is 1. The van der Waals surface area contributed by atoms with Crippen molar-refractivity contribution in [3.63, 3.8) is 0 Å². The SMILES string of the molecule is CCN(C(=O)c1onc(C)c1Sc1ccccc1)C1(C)C2CC3CC(C2)CC1C3. The monoisotopic (exact) mass is 410 g/mol. The van der Waals surface area contributed by atoms with Gasteiger partial charge < -0.3 is 9.42 Å². The fraction of sp³-hybridized carbons (Fsp3) is 0.583. The lowest BCUT2D eigenvalue weighted by Crippen LogP contribution is -2.65. The van der Waals surface area contributed by atoms with Gasteiger partial charge in [-0.15, -0.1) is 0 Å². The summed E-state index contributed by atoms with van der Waals surface area (Å²) in [6, 6.07) is 10.1. The number of carbonyl (C=O) groups is 1. The van der Waals surface area contributed by atoms with Crippen molar-refractivity contribution in [1.29, 1.82) is 0 Å². The van der Waals surface area contributed by atoms with Crippen LogP contribution < -0.4 is 0 Å². The lowest BCUT2D eigenvalue weighted by Gasteiger charge is -2.63. The molecule has 4 bridgehead atoms. The van der Waals surface area contributed by atoms with Crippen LogP contribution in [0.3, 0.4) is 0 Å². The molecule has 2 aromatic rings. The first-order valence-corrected chi connectivity index (χ1v) is 11.8. The second kappa shape index (κ2) is 7.19. The van der Waals surface area contributed by atoms with Crippen LogP contribution >= 0.6 is 11.8 Å². The number of benzene rings is 1. The Bertz CT molecular complexity index is 879. The number of aromatic nitrogens is 1. The molecular weight excluding hydrogens is 380 g/mol. The Morgan fingerprint density at radius 1 is 1.14 bits per heavy atom. The third-order valence-corrected chi connectivity index (χ3v) is 9.09. The summed E-state index contributed by atoms with van der Waals surface area (Å²) in [6.45, 7) is 7.11. The van der Waals surface area contributed by atoms with Crippen LogP contribution in [0, 0.1) is 30.6 Å². The van der Waals surface area contributed by atoms with E-state index in [1.165, 1.54) is 32.1 Å². The van der Waals surface area contributed by atoms with Crippen LogP contribution in [0.1, 0.15) is 62.2 Å². The quantitative estimate of drug-likeness (QED) is 0.624. The lowest BCUT2D eigenvalue weighted by molar-refractivity contribution is -0.112. The highest BCUT2D eigenvalue weighted by atomic mass is 32.2. The smallest absolute Gasteiger partial charge is 0.294 e. The standard InChI is InChI=1S/C24H30N2O2S/c1-4-26(24(3)18-11-16-10-17(13-18)14-19(24)12-16)23(27)21-22(15(2)25-28-21)29-20-8-6-5-7-9-20/h5-9,16-19H,4,10-14H2,1-3H3. The maximum absolute atomic E-state index is 13.8. The predicted octanol–water partition coefficient (Wildman–Crippen LogP) is 5.81. The molecule has 1 aromatic carbocycles. The largest absolute Gasteiger partial charge is 0.349 e. The molecular formula is C24H30N2O2S. The number of amides is 1. The second-order valence-corrected chi connectivity index (χ2v) is 10.5. The Morgan fingerprint density at radius 3 is 2.34 bits per heavy atom. The number of hydrogen-bond acceptors (Lipinski definition) is 4. The maximum atomic E-state index is 13.8. The molecule has 4 fully saturated rings. The molecule has 1 aromatic heterocycles. The van der Waals surface area contributed by atoms with Crippen LogP contribution in [-0.4, -0.2) is 28.0 Å². The van der Waals surface area contributed by atoms with Crippen molar-refractivity contribution < 1.29 is 9.32 Å². The van der Waals surface area contributed by atoms with Crippen LogP contribution in [-0.2, 0) is 0 Å². The van der Waals surface area contributed by atoms with Gasteiger partial charge >= 0.3 is 0 Å². The molecule has 1 amide bonds. The van der Waals surface area contributed by atoms with E-state index in [4.69, 9.17) is 4.52 Å². The predicted molar refractivity (Wildman–Crippen MR) is 114 cm³/mol. The minimum absolute atomic E-state index is 0.0153. The van der Waals surface area contributed by atoms with Gasteiger partial charge in [0.05, 0.1) is 10.6 Å². The van der Waals surface area contributed by atoms with E-state index in [0.717, 1.165) is 27.3 Å². The molecule has 154 valence electrons. The van der Waals surface area contributed by atoms with E-state index in [-0.39, 0.29) is 11.4 Å². The van der Waals surface area contributed by atoms with Crippen LogP contribution in [0.4, 0.5) is 0 Å². The number of hydrogen-bond donors (Lipinski definition) is 0. The van der Waals surface area contributed by atoms with E-state index in [0.29, 0.717) is 24.1 Å². The summed E-state index contributed by atoms with van der Waals surface area (Å²) in [5.74, 6) is 3.44. The van der Waals surface area contributed by atoms with Gasteiger partial charge in [-0.05, 0) is 88.7 Å². The minimum atomic E-state index is -0.0609. The molecule has 0 atom stereocenters. The normalized spacial score (nSPS) is 32.5. The van der Waals surface area contributed by atoms with Crippen LogP contribution in [0.2, 0.25) is 0 Å². The number of nitrogens with zero attached hydrogens (tertiary/aromatic N) is 2. The molecule has 29 heavy (non-hydrogen) atoms. The summed E-state index contributed by atoms with van der Waals surface area (Å²) in [5, 5.41) is 4.17. The van der Waals surface area contributed by atoms with Crippen molar-refractivity contribution >= 4 is 17.7 Å².